The van der Waals surface area contributed by atoms with Crippen LogP contribution in [0.25, 0.3) is 10.9 Å². The van der Waals surface area contributed by atoms with Crippen molar-refractivity contribution in [2.45, 2.75) is 103 Å². The molecule has 2 aromatic rings. The summed E-state index contributed by atoms with van der Waals surface area (Å²) in [5.41, 5.74) is 4.73. The number of carboxylic acid groups (broad SMARTS) is 1. The number of amides is 1. The number of carbonyl (C=O) groups is 2. The highest BCUT2D eigenvalue weighted by Gasteiger charge is 2.34. The minimum absolute atomic E-state index is 0.106. The van der Waals surface area contributed by atoms with Crippen LogP contribution in [0.5, 0.6) is 0 Å². The van der Waals surface area contributed by atoms with Crippen molar-refractivity contribution in [3.63, 3.8) is 0 Å². The summed E-state index contributed by atoms with van der Waals surface area (Å²) in [6, 6.07) is 6.19. The molecule has 0 saturated carbocycles. The summed E-state index contributed by atoms with van der Waals surface area (Å²) in [4.78, 5) is 31.2. The van der Waals surface area contributed by atoms with Gasteiger partial charge < -0.3 is 19.5 Å². The molecule has 0 radical (unpaired) electrons. The van der Waals surface area contributed by atoms with Crippen LogP contribution in [0, 0.1) is 5.92 Å². The van der Waals surface area contributed by atoms with Crippen LogP contribution in [0.4, 0.5) is 0 Å². The Morgan fingerprint density at radius 3 is 2.49 bits per heavy atom. The molecule has 3 aliphatic rings. The molecule has 0 bridgehead atoms. The third-order valence-electron chi connectivity index (χ3n) is 10.2. The fraction of sp³-hybridized carbons (Fsp3) is 0.568. The number of carboxylic acids is 1. The van der Waals surface area contributed by atoms with Crippen molar-refractivity contribution in [1.29, 1.82) is 0 Å². The molecule has 5 rings (SSSR count). The number of aromatic carboxylic acids is 1. The zero-order chi connectivity index (χ0) is 30.5. The summed E-state index contributed by atoms with van der Waals surface area (Å²) in [6.07, 6.45) is 18.1. The second-order valence-corrected chi connectivity index (χ2v) is 13.1. The zero-order valence-corrected chi connectivity index (χ0v) is 26.6. The number of unbranched alkanes of at least 4 members (excludes halogenated alkanes) is 1. The summed E-state index contributed by atoms with van der Waals surface area (Å²) in [5.74, 6) is -0.505. The lowest BCUT2D eigenvalue weighted by Crippen LogP contribution is -2.48. The van der Waals surface area contributed by atoms with E-state index in [1.165, 1.54) is 37.2 Å². The van der Waals surface area contributed by atoms with Crippen LogP contribution >= 0.6 is 0 Å². The number of likely N-dealkylation sites (tertiary alicyclic amines) is 2. The number of carbonyl (C=O) groups excluding carboxylic acids is 1. The van der Waals surface area contributed by atoms with Gasteiger partial charge in [-0.1, -0.05) is 76.1 Å². The molecule has 3 aliphatic heterocycles. The Hall–Kier alpha value is -3.12. The molecule has 2 fully saturated rings. The monoisotopic (exact) mass is 585 g/mol. The van der Waals surface area contributed by atoms with Gasteiger partial charge in [0, 0.05) is 48.2 Å². The van der Waals surface area contributed by atoms with Crippen molar-refractivity contribution >= 4 is 22.8 Å². The van der Waals surface area contributed by atoms with Crippen LogP contribution in [0.3, 0.4) is 0 Å². The zero-order valence-electron chi connectivity index (χ0n) is 26.6. The van der Waals surface area contributed by atoms with E-state index in [0.29, 0.717) is 24.9 Å². The van der Waals surface area contributed by atoms with Gasteiger partial charge in [-0.15, -0.1) is 0 Å². The standard InChI is InChI=1S/C37H51N3O3/c1-5-7-14-28(6-2)34-32-16-15-29(37(42)43)24-33(32)40-25-30(23-26(3)12-8-9-13-27(4)35(34)40)36(41)39-21-17-31(18-22-39)38-19-10-11-20-38/h8-9,12-13,15-16,24,27-28,30-31H,3,5-7,10-11,14,17-23,25H2,1-2,4H3,(H,42,43)/b12-8-,13-9-. The predicted octanol–water partition coefficient (Wildman–Crippen LogP) is 7.90. The average molecular weight is 586 g/mol. The number of hydrogen-bond donors (Lipinski definition) is 1. The van der Waals surface area contributed by atoms with Crippen molar-refractivity contribution in [3.8, 4) is 0 Å². The second-order valence-electron chi connectivity index (χ2n) is 13.1. The largest absolute Gasteiger partial charge is 0.478 e. The summed E-state index contributed by atoms with van der Waals surface area (Å²) < 4.78 is 2.32. The molecule has 3 atom stereocenters. The summed E-state index contributed by atoms with van der Waals surface area (Å²) in [5, 5.41) is 11.1. The normalized spacial score (nSPS) is 24.4. The summed E-state index contributed by atoms with van der Waals surface area (Å²) in [7, 11) is 0. The van der Waals surface area contributed by atoms with Crippen LogP contribution in [0.1, 0.15) is 112 Å². The molecule has 43 heavy (non-hydrogen) atoms. The van der Waals surface area contributed by atoms with Crippen molar-refractivity contribution in [3.05, 3.63) is 71.5 Å². The molecule has 2 saturated heterocycles. The van der Waals surface area contributed by atoms with Gasteiger partial charge in [0.15, 0.2) is 0 Å². The number of nitrogens with zero attached hydrogens (tertiary/aromatic N) is 3. The van der Waals surface area contributed by atoms with Gasteiger partial charge in [0.25, 0.3) is 0 Å². The van der Waals surface area contributed by atoms with Gasteiger partial charge in [0.2, 0.25) is 5.91 Å². The molecule has 4 heterocycles. The first-order valence-corrected chi connectivity index (χ1v) is 16.8. The van der Waals surface area contributed by atoms with E-state index in [2.05, 4.69) is 59.9 Å². The molecule has 0 aliphatic carbocycles. The third-order valence-corrected chi connectivity index (χ3v) is 10.2. The van der Waals surface area contributed by atoms with E-state index in [1.807, 2.05) is 18.2 Å². The quantitative estimate of drug-likeness (QED) is 0.342. The van der Waals surface area contributed by atoms with Gasteiger partial charge >= 0.3 is 5.97 Å². The van der Waals surface area contributed by atoms with Crippen molar-refractivity contribution in [2.24, 2.45) is 5.92 Å². The molecular formula is C37H51N3O3. The fourth-order valence-corrected chi connectivity index (χ4v) is 7.81. The van der Waals surface area contributed by atoms with Gasteiger partial charge in [0.1, 0.15) is 0 Å². The maximum absolute atomic E-state index is 14.3. The molecule has 1 amide bonds. The second kappa shape index (κ2) is 14.1. The summed E-state index contributed by atoms with van der Waals surface area (Å²) >= 11 is 0. The lowest BCUT2D eigenvalue weighted by Gasteiger charge is -2.38. The Morgan fingerprint density at radius 1 is 1.07 bits per heavy atom. The molecule has 1 aromatic carbocycles. The van der Waals surface area contributed by atoms with Crippen LogP contribution in [0.15, 0.2) is 54.7 Å². The smallest absolute Gasteiger partial charge is 0.335 e. The number of aromatic nitrogens is 1. The molecule has 6 nitrogen and oxygen atoms in total. The minimum atomic E-state index is -0.923. The van der Waals surface area contributed by atoms with Crippen LogP contribution < -0.4 is 0 Å². The molecule has 6 heteroatoms. The van der Waals surface area contributed by atoms with E-state index >= 15 is 0 Å². The Kier molecular flexibility index (Phi) is 10.3. The van der Waals surface area contributed by atoms with Gasteiger partial charge in [-0.25, -0.2) is 4.79 Å². The Labute approximate surface area is 258 Å². The fourth-order valence-electron chi connectivity index (χ4n) is 7.81. The number of hydrogen-bond acceptors (Lipinski definition) is 3. The Bertz CT molecular complexity index is 1370. The van der Waals surface area contributed by atoms with Crippen molar-refractivity contribution < 1.29 is 14.7 Å². The van der Waals surface area contributed by atoms with E-state index in [0.717, 1.165) is 68.1 Å². The highest BCUT2D eigenvalue weighted by Crippen LogP contribution is 2.42. The number of allylic oxidation sites excluding steroid dienone is 5. The average Bonchev–Trinajstić information content (AvgIpc) is 3.65. The topological polar surface area (TPSA) is 65.8 Å². The molecule has 1 N–H and O–H groups in total. The number of fused-ring (bicyclic) bond motifs is 3. The van der Waals surface area contributed by atoms with E-state index in [1.54, 1.807) is 6.07 Å². The highest BCUT2D eigenvalue weighted by molar-refractivity contribution is 5.95. The first-order valence-electron chi connectivity index (χ1n) is 16.8. The van der Waals surface area contributed by atoms with Gasteiger partial charge in [-0.2, -0.15) is 0 Å². The molecule has 1 aromatic heterocycles. The van der Waals surface area contributed by atoms with Crippen LogP contribution in [-0.2, 0) is 11.3 Å². The minimum Gasteiger partial charge on any atom is -0.478 e. The van der Waals surface area contributed by atoms with Gasteiger partial charge in [-0.3, -0.25) is 4.79 Å². The number of piperidine rings is 1. The van der Waals surface area contributed by atoms with Gasteiger partial charge in [-0.05, 0) is 81.6 Å². The van der Waals surface area contributed by atoms with E-state index in [4.69, 9.17) is 0 Å². The maximum atomic E-state index is 14.3. The van der Waals surface area contributed by atoms with Crippen molar-refractivity contribution in [1.82, 2.24) is 14.4 Å². The molecular weight excluding hydrogens is 534 g/mol. The predicted molar refractivity (Wildman–Crippen MR) is 176 cm³/mol. The third kappa shape index (κ3) is 6.85. The lowest BCUT2D eigenvalue weighted by atomic mass is 9.86. The number of rotatable bonds is 8. The van der Waals surface area contributed by atoms with E-state index in [9.17, 15) is 14.7 Å². The molecule has 3 unspecified atom stereocenters. The Morgan fingerprint density at radius 2 is 1.81 bits per heavy atom. The van der Waals surface area contributed by atoms with E-state index < -0.39 is 5.97 Å². The SMILES string of the molecule is C=C1/C=C\C=C/C(C)c2c(C(CC)CCCC)c3ccc(C(=O)O)cc3n2CC(C(=O)N2CCC(N3CCCC3)CC2)C1. The first-order chi connectivity index (χ1) is 20.8. The number of benzene rings is 1. The molecule has 0 spiro atoms. The van der Waals surface area contributed by atoms with Gasteiger partial charge in [0.05, 0.1) is 11.5 Å². The Balaban J connectivity index is 1.57. The maximum Gasteiger partial charge on any atom is 0.335 e. The highest BCUT2D eigenvalue weighted by atomic mass is 16.4. The first kappa shape index (κ1) is 31.3. The van der Waals surface area contributed by atoms with Crippen LogP contribution in [-0.4, -0.2) is 63.6 Å². The lowest BCUT2D eigenvalue weighted by molar-refractivity contribution is -0.137. The molecule has 232 valence electrons. The van der Waals surface area contributed by atoms with Crippen LogP contribution in [0.2, 0.25) is 0 Å². The van der Waals surface area contributed by atoms with Crippen molar-refractivity contribution in [2.75, 3.05) is 26.2 Å². The summed E-state index contributed by atoms with van der Waals surface area (Å²) in [6.45, 7) is 15.6. The van der Waals surface area contributed by atoms with E-state index in [-0.39, 0.29) is 23.3 Å².